The molecule has 0 aliphatic carbocycles. The first-order valence-electron chi connectivity index (χ1n) is 5.82. The van der Waals surface area contributed by atoms with E-state index in [4.69, 9.17) is 9.15 Å². The standard InChI is InChI=1S/C13H13N3O2/c1-3-17-11-5-4-10-13(15-11)16-12(14-10)9-6-7-18-8(9)2/h4-7H,3H2,1-2H3,(H,14,15,16). The summed E-state index contributed by atoms with van der Waals surface area (Å²) in [5.41, 5.74) is 2.48. The molecule has 3 heterocycles. The maximum atomic E-state index is 5.35. The average molecular weight is 243 g/mol. The van der Waals surface area contributed by atoms with E-state index in [0.717, 1.165) is 22.7 Å². The fourth-order valence-electron chi connectivity index (χ4n) is 1.86. The molecule has 0 fully saturated rings. The molecular formula is C13H13N3O2. The number of fused-ring (bicyclic) bond motifs is 1. The molecule has 3 rings (SSSR count). The number of H-pyrrole nitrogens is 1. The van der Waals surface area contributed by atoms with Crippen molar-refractivity contribution in [1.82, 2.24) is 15.0 Å². The summed E-state index contributed by atoms with van der Waals surface area (Å²) in [7, 11) is 0. The Labute approximate surface area is 104 Å². The van der Waals surface area contributed by atoms with Gasteiger partial charge in [0.05, 0.1) is 24.0 Å². The molecule has 5 heteroatoms. The number of nitrogens with one attached hydrogen (secondary N) is 1. The lowest BCUT2D eigenvalue weighted by Gasteiger charge is -1.99. The highest BCUT2D eigenvalue weighted by Gasteiger charge is 2.11. The molecule has 0 spiro atoms. The second kappa shape index (κ2) is 4.18. The topological polar surface area (TPSA) is 63.9 Å². The Morgan fingerprint density at radius 2 is 2.17 bits per heavy atom. The first-order valence-corrected chi connectivity index (χ1v) is 5.82. The Bertz CT molecular complexity index is 684. The van der Waals surface area contributed by atoms with Gasteiger partial charge >= 0.3 is 0 Å². The van der Waals surface area contributed by atoms with Gasteiger partial charge in [-0.15, -0.1) is 0 Å². The van der Waals surface area contributed by atoms with E-state index in [9.17, 15) is 0 Å². The van der Waals surface area contributed by atoms with Crippen LogP contribution in [0.2, 0.25) is 0 Å². The van der Waals surface area contributed by atoms with Gasteiger partial charge in [-0.25, -0.2) is 4.98 Å². The van der Waals surface area contributed by atoms with Crippen molar-refractivity contribution in [3.8, 4) is 17.3 Å². The Hall–Kier alpha value is -2.30. The third kappa shape index (κ3) is 1.73. The molecule has 0 saturated carbocycles. The average Bonchev–Trinajstić information content (AvgIpc) is 2.94. The van der Waals surface area contributed by atoms with E-state index >= 15 is 0 Å². The first kappa shape index (κ1) is 10.8. The van der Waals surface area contributed by atoms with Gasteiger partial charge in [0.1, 0.15) is 11.6 Å². The summed E-state index contributed by atoms with van der Waals surface area (Å²) >= 11 is 0. The van der Waals surface area contributed by atoms with E-state index < -0.39 is 0 Å². The van der Waals surface area contributed by atoms with Crippen LogP contribution in [0, 0.1) is 6.92 Å². The van der Waals surface area contributed by atoms with Crippen molar-refractivity contribution < 1.29 is 9.15 Å². The minimum atomic E-state index is 0.590. The number of furan rings is 1. The van der Waals surface area contributed by atoms with Crippen molar-refractivity contribution in [2.45, 2.75) is 13.8 Å². The number of nitrogens with zero attached hydrogens (tertiary/aromatic N) is 2. The largest absolute Gasteiger partial charge is 0.478 e. The van der Waals surface area contributed by atoms with E-state index in [1.165, 1.54) is 0 Å². The molecule has 0 aliphatic heterocycles. The van der Waals surface area contributed by atoms with Gasteiger partial charge in [-0.2, -0.15) is 4.98 Å². The van der Waals surface area contributed by atoms with Crippen molar-refractivity contribution in [2.24, 2.45) is 0 Å². The number of hydrogen-bond donors (Lipinski definition) is 1. The van der Waals surface area contributed by atoms with Crippen LogP contribution in [0.5, 0.6) is 5.88 Å². The Balaban J connectivity index is 2.08. The van der Waals surface area contributed by atoms with Crippen molar-refractivity contribution in [3.05, 3.63) is 30.2 Å². The third-order valence-corrected chi connectivity index (χ3v) is 2.73. The van der Waals surface area contributed by atoms with Crippen LogP contribution in [0.25, 0.3) is 22.6 Å². The molecule has 92 valence electrons. The molecule has 0 amide bonds. The van der Waals surface area contributed by atoms with Crippen LogP contribution in [-0.2, 0) is 0 Å². The quantitative estimate of drug-likeness (QED) is 0.768. The second-order valence-corrected chi connectivity index (χ2v) is 3.93. The smallest absolute Gasteiger partial charge is 0.215 e. The zero-order valence-corrected chi connectivity index (χ0v) is 10.2. The predicted octanol–water partition coefficient (Wildman–Crippen LogP) is 2.93. The summed E-state index contributed by atoms with van der Waals surface area (Å²) in [4.78, 5) is 12.0. The van der Waals surface area contributed by atoms with Crippen molar-refractivity contribution in [1.29, 1.82) is 0 Å². The Morgan fingerprint density at radius 1 is 1.28 bits per heavy atom. The zero-order chi connectivity index (χ0) is 12.5. The van der Waals surface area contributed by atoms with E-state index in [-0.39, 0.29) is 0 Å². The molecule has 0 radical (unpaired) electrons. The first-order chi connectivity index (χ1) is 8.78. The van der Waals surface area contributed by atoms with E-state index in [2.05, 4.69) is 15.0 Å². The van der Waals surface area contributed by atoms with Crippen molar-refractivity contribution in [2.75, 3.05) is 6.61 Å². The number of rotatable bonds is 3. The predicted molar refractivity (Wildman–Crippen MR) is 67.5 cm³/mol. The minimum Gasteiger partial charge on any atom is -0.478 e. The van der Waals surface area contributed by atoms with Gasteiger partial charge in [0.15, 0.2) is 5.65 Å². The van der Waals surface area contributed by atoms with Crippen LogP contribution in [0.15, 0.2) is 28.9 Å². The highest BCUT2D eigenvalue weighted by molar-refractivity contribution is 5.76. The van der Waals surface area contributed by atoms with Gasteiger partial charge in [-0.05, 0) is 26.0 Å². The number of hydrogen-bond acceptors (Lipinski definition) is 4. The highest BCUT2D eigenvalue weighted by Crippen LogP contribution is 2.24. The lowest BCUT2D eigenvalue weighted by molar-refractivity contribution is 0.328. The van der Waals surface area contributed by atoms with Gasteiger partial charge in [0, 0.05) is 6.07 Å². The lowest BCUT2D eigenvalue weighted by Crippen LogP contribution is -1.93. The molecule has 0 atom stereocenters. The van der Waals surface area contributed by atoms with E-state index in [0.29, 0.717) is 18.1 Å². The summed E-state index contributed by atoms with van der Waals surface area (Å²) in [6.07, 6.45) is 1.65. The molecule has 0 unspecified atom stereocenters. The SMILES string of the molecule is CCOc1ccc2[nH]c(-c3ccoc3C)nc2n1. The number of aryl methyl sites for hydroxylation is 1. The number of ether oxygens (including phenoxy) is 1. The van der Waals surface area contributed by atoms with Gasteiger partial charge in [0.2, 0.25) is 5.88 Å². The molecule has 0 bridgehead atoms. The van der Waals surface area contributed by atoms with Gasteiger partial charge in [0.25, 0.3) is 0 Å². The molecule has 0 aromatic carbocycles. The zero-order valence-electron chi connectivity index (χ0n) is 10.2. The maximum Gasteiger partial charge on any atom is 0.215 e. The highest BCUT2D eigenvalue weighted by atomic mass is 16.5. The van der Waals surface area contributed by atoms with E-state index in [1.54, 1.807) is 6.26 Å². The fraction of sp³-hybridized carbons (Fsp3) is 0.231. The van der Waals surface area contributed by atoms with Crippen molar-refractivity contribution >= 4 is 11.2 Å². The molecule has 18 heavy (non-hydrogen) atoms. The fourth-order valence-corrected chi connectivity index (χ4v) is 1.86. The molecule has 0 saturated heterocycles. The van der Waals surface area contributed by atoms with Crippen LogP contribution in [0.3, 0.4) is 0 Å². The minimum absolute atomic E-state index is 0.590. The lowest BCUT2D eigenvalue weighted by atomic mass is 10.2. The summed E-state index contributed by atoms with van der Waals surface area (Å²) in [5.74, 6) is 2.18. The molecule has 3 aromatic rings. The summed E-state index contributed by atoms with van der Waals surface area (Å²) in [6.45, 7) is 4.43. The Morgan fingerprint density at radius 3 is 2.89 bits per heavy atom. The van der Waals surface area contributed by atoms with Crippen molar-refractivity contribution in [3.63, 3.8) is 0 Å². The Kier molecular flexibility index (Phi) is 2.51. The number of pyridine rings is 1. The molecule has 5 nitrogen and oxygen atoms in total. The van der Waals surface area contributed by atoms with Crippen LogP contribution in [0.1, 0.15) is 12.7 Å². The van der Waals surface area contributed by atoms with Gasteiger partial charge < -0.3 is 14.1 Å². The van der Waals surface area contributed by atoms with Crippen LogP contribution >= 0.6 is 0 Å². The second-order valence-electron chi connectivity index (χ2n) is 3.93. The maximum absolute atomic E-state index is 5.35. The number of imidazole rings is 1. The normalized spacial score (nSPS) is 11.0. The van der Waals surface area contributed by atoms with Crippen LogP contribution in [0.4, 0.5) is 0 Å². The molecule has 3 aromatic heterocycles. The van der Waals surface area contributed by atoms with Gasteiger partial charge in [-0.1, -0.05) is 0 Å². The van der Waals surface area contributed by atoms with Gasteiger partial charge in [-0.3, -0.25) is 0 Å². The summed E-state index contributed by atoms with van der Waals surface area (Å²) in [5, 5.41) is 0. The molecular weight excluding hydrogens is 230 g/mol. The summed E-state index contributed by atoms with van der Waals surface area (Å²) in [6, 6.07) is 5.63. The van der Waals surface area contributed by atoms with Crippen LogP contribution in [-0.4, -0.2) is 21.6 Å². The third-order valence-electron chi connectivity index (χ3n) is 2.73. The number of aromatic amines is 1. The summed E-state index contributed by atoms with van der Waals surface area (Å²) < 4.78 is 10.6. The number of aromatic nitrogens is 3. The van der Waals surface area contributed by atoms with E-state index in [1.807, 2.05) is 32.0 Å². The molecule has 1 N–H and O–H groups in total. The van der Waals surface area contributed by atoms with Crippen LogP contribution < -0.4 is 4.74 Å². The monoisotopic (exact) mass is 243 g/mol. The molecule has 0 aliphatic rings.